The molecule has 3 heteroatoms. The maximum absolute atomic E-state index is 6.08. The number of thiol groups is 1. The number of hydrogen-bond donors (Lipinski definition) is 1. The van der Waals surface area contributed by atoms with Crippen LogP contribution in [0.2, 0.25) is 5.02 Å². The standard InChI is InChI=1S/C10H14ClNS/c1-12(2)10(7-13)8-5-3-4-6-9(8)11/h3-6,10,13H,7H2,1-2H3. The molecule has 0 fully saturated rings. The molecule has 0 bridgehead atoms. The molecule has 0 heterocycles. The highest BCUT2D eigenvalue weighted by Crippen LogP contribution is 2.26. The van der Waals surface area contributed by atoms with E-state index in [4.69, 9.17) is 11.6 Å². The monoisotopic (exact) mass is 215 g/mol. The zero-order chi connectivity index (χ0) is 9.84. The molecule has 0 amide bonds. The lowest BCUT2D eigenvalue weighted by atomic mass is 10.1. The van der Waals surface area contributed by atoms with Crippen molar-refractivity contribution in [1.82, 2.24) is 4.90 Å². The van der Waals surface area contributed by atoms with Crippen LogP contribution in [0.15, 0.2) is 24.3 Å². The fourth-order valence-electron chi connectivity index (χ4n) is 1.29. The van der Waals surface area contributed by atoms with Gasteiger partial charge < -0.3 is 4.90 Å². The van der Waals surface area contributed by atoms with Gasteiger partial charge in [0.05, 0.1) is 0 Å². The molecule has 0 aromatic heterocycles. The van der Waals surface area contributed by atoms with Gasteiger partial charge in [-0.1, -0.05) is 29.8 Å². The quantitative estimate of drug-likeness (QED) is 0.759. The van der Waals surface area contributed by atoms with Gasteiger partial charge >= 0.3 is 0 Å². The summed E-state index contributed by atoms with van der Waals surface area (Å²) in [6, 6.07) is 8.19. The van der Waals surface area contributed by atoms with Crippen molar-refractivity contribution < 1.29 is 0 Å². The SMILES string of the molecule is CN(C)C(CS)c1ccccc1Cl. The van der Waals surface area contributed by atoms with Crippen LogP contribution in [0.3, 0.4) is 0 Å². The number of benzene rings is 1. The van der Waals surface area contributed by atoms with Gasteiger partial charge in [-0.2, -0.15) is 12.6 Å². The summed E-state index contributed by atoms with van der Waals surface area (Å²) in [5.41, 5.74) is 1.14. The van der Waals surface area contributed by atoms with E-state index in [1.165, 1.54) is 0 Å². The van der Waals surface area contributed by atoms with E-state index in [-0.39, 0.29) is 6.04 Å². The van der Waals surface area contributed by atoms with E-state index in [2.05, 4.69) is 17.5 Å². The van der Waals surface area contributed by atoms with Crippen LogP contribution >= 0.6 is 24.2 Å². The molecular formula is C10H14ClNS. The van der Waals surface area contributed by atoms with E-state index in [9.17, 15) is 0 Å². The Balaban J connectivity index is 2.97. The minimum Gasteiger partial charge on any atom is -0.302 e. The molecule has 1 nitrogen and oxygen atoms in total. The van der Waals surface area contributed by atoms with Crippen molar-refractivity contribution in [2.24, 2.45) is 0 Å². The Morgan fingerprint density at radius 3 is 2.46 bits per heavy atom. The second-order valence-electron chi connectivity index (χ2n) is 3.18. The first-order valence-corrected chi connectivity index (χ1v) is 5.19. The highest BCUT2D eigenvalue weighted by atomic mass is 35.5. The van der Waals surface area contributed by atoms with Gasteiger partial charge in [-0.25, -0.2) is 0 Å². The molecule has 1 aromatic rings. The average Bonchev–Trinajstić information content (AvgIpc) is 2.09. The Morgan fingerprint density at radius 1 is 1.38 bits per heavy atom. The molecular weight excluding hydrogens is 202 g/mol. The predicted molar refractivity (Wildman–Crippen MR) is 61.7 cm³/mol. The summed E-state index contributed by atoms with van der Waals surface area (Å²) in [5.74, 6) is 0.775. The van der Waals surface area contributed by atoms with Crippen molar-refractivity contribution in [3.63, 3.8) is 0 Å². The van der Waals surface area contributed by atoms with Crippen LogP contribution in [0, 0.1) is 0 Å². The van der Waals surface area contributed by atoms with Crippen molar-refractivity contribution in [3.8, 4) is 0 Å². The Labute approximate surface area is 90.1 Å². The van der Waals surface area contributed by atoms with Crippen LogP contribution in [0.5, 0.6) is 0 Å². The molecule has 0 radical (unpaired) electrons. The second-order valence-corrected chi connectivity index (χ2v) is 3.96. The van der Waals surface area contributed by atoms with Crippen molar-refractivity contribution in [2.45, 2.75) is 6.04 Å². The summed E-state index contributed by atoms with van der Waals surface area (Å²) < 4.78 is 0. The minimum absolute atomic E-state index is 0.289. The Hall–Kier alpha value is -0.180. The molecule has 0 aliphatic heterocycles. The molecule has 0 aliphatic rings. The topological polar surface area (TPSA) is 3.24 Å². The second kappa shape index (κ2) is 4.89. The van der Waals surface area contributed by atoms with Crippen molar-refractivity contribution >= 4 is 24.2 Å². The lowest BCUT2D eigenvalue weighted by Crippen LogP contribution is -2.21. The lowest BCUT2D eigenvalue weighted by Gasteiger charge is -2.23. The Bertz CT molecular complexity index is 275. The molecule has 0 aliphatic carbocycles. The third-order valence-corrected chi connectivity index (χ3v) is 2.75. The molecule has 1 atom stereocenters. The maximum atomic E-state index is 6.08. The smallest absolute Gasteiger partial charge is 0.0454 e. The van der Waals surface area contributed by atoms with Crippen LogP contribution in [-0.2, 0) is 0 Å². The van der Waals surface area contributed by atoms with Crippen LogP contribution in [-0.4, -0.2) is 24.7 Å². The molecule has 0 spiro atoms. The van der Waals surface area contributed by atoms with E-state index in [0.29, 0.717) is 0 Å². The number of hydrogen-bond acceptors (Lipinski definition) is 2. The lowest BCUT2D eigenvalue weighted by molar-refractivity contribution is 0.326. The fraction of sp³-hybridized carbons (Fsp3) is 0.400. The van der Waals surface area contributed by atoms with Crippen LogP contribution in [0.1, 0.15) is 11.6 Å². The summed E-state index contributed by atoms with van der Waals surface area (Å²) in [6.07, 6.45) is 0. The van der Waals surface area contributed by atoms with Gasteiger partial charge in [0.1, 0.15) is 0 Å². The van der Waals surface area contributed by atoms with Gasteiger partial charge in [0.2, 0.25) is 0 Å². The minimum atomic E-state index is 0.289. The zero-order valence-corrected chi connectivity index (χ0v) is 9.52. The van der Waals surface area contributed by atoms with E-state index < -0.39 is 0 Å². The summed E-state index contributed by atoms with van der Waals surface area (Å²) >= 11 is 10.4. The zero-order valence-electron chi connectivity index (χ0n) is 7.87. The highest BCUT2D eigenvalue weighted by Gasteiger charge is 2.14. The fourth-order valence-corrected chi connectivity index (χ4v) is 2.07. The first-order valence-electron chi connectivity index (χ1n) is 4.18. The van der Waals surface area contributed by atoms with E-state index >= 15 is 0 Å². The first kappa shape index (κ1) is 10.9. The summed E-state index contributed by atoms with van der Waals surface area (Å²) in [6.45, 7) is 0. The van der Waals surface area contributed by atoms with Gasteiger partial charge in [-0.3, -0.25) is 0 Å². The number of halogens is 1. The van der Waals surface area contributed by atoms with E-state index in [1.54, 1.807) is 0 Å². The molecule has 0 N–H and O–H groups in total. The first-order chi connectivity index (χ1) is 6.16. The van der Waals surface area contributed by atoms with Crippen molar-refractivity contribution in [3.05, 3.63) is 34.9 Å². The van der Waals surface area contributed by atoms with Gasteiger partial charge in [0, 0.05) is 16.8 Å². The number of rotatable bonds is 3. The van der Waals surface area contributed by atoms with Crippen LogP contribution < -0.4 is 0 Å². The van der Waals surface area contributed by atoms with Gasteiger partial charge in [-0.05, 0) is 25.7 Å². The largest absolute Gasteiger partial charge is 0.302 e. The van der Waals surface area contributed by atoms with Crippen LogP contribution in [0.4, 0.5) is 0 Å². The molecule has 72 valence electrons. The predicted octanol–water partition coefficient (Wildman–Crippen LogP) is 2.87. The molecule has 0 saturated carbocycles. The van der Waals surface area contributed by atoms with Crippen molar-refractivity contribution in [2.75, 3.05) is 19.8 Å². The van der Waals surface area contributed by atoms with E-state index in [1.807, 2.05) is 38.4 Å². The van der Waals surface area contributed by atoms with Gasteiger partial charge in [0.15, 0.2) is 0 Å². The summed E-state index contributed by atoms with van der Waals surface area (Å²) in [7, 11) is 4.06. The Kier molecular flexibility index (Phi) is 4.10. The van der Waals surface area contributed by atoms with Crippen molar-refractivity contribution in [1.29, 1.82) is 0 Å². The summed E-state index contributed by atoms with van der Waals surface area (Å²) in [4.78, 5) is 2.12. The Morgan fingerprint density at radius 2 is 2.00 bits per heavy atom. The molecule has 0 saturated heterocycles. The van der Waals surface area contributed by atoms with Gasteiger partial charge in [-0.15, -0.1) is 0 Å². The average molecular weight is 216 g/mol. The molecule has 1 aromatic carbocycles. The summed E-state index contributed by atoms with van der Waals surface area (Å²) in [5, 5.41) is 0.815. The van der Waals surface area contributed by atoms with Crippen LogP contribution in [0.25, 0.3) is 0 Å². The number of nitrogens with zero attached hydrogens (tertiary/aromatic N) is 1. The maximum Gasteiger partial charge on any atom is 0.0454 e. The highest BCUT2D eigenvalue weighted by molar-refractivity contribution is 7.80. The third kappa shape index (κ3) is 2.63. The molecule has 13 heavy (non-hydrogen) atoms. The third-order valence-electron chi connectivity index (χ3n) is 2.06. The normalized spacial score (nSPS) is 13.3. The molecule has 1 rings (SSSR count). The molecule has 1 unspecified atom stereocenters. The van der Waals surface area contributed by atoms with Gasteiger partial charge in [0.25, 0.3) is 0 Å². The van der Waals surface area contributed by atoms with E-state index in [0.717, 1.165) is 16.3 Å².